The minimum atomic E-state index is -0.233. The molecule has 2 aromatic rings. The lowest BCUT2D eigenvalue weighted by Crippen LogP contribution is -2.38. The van der Waals surface area contributed by atoms with Gasteiger partial charge < -0.3 is 25.2 Å². The van der Waals surface area contributed by atoms with Crippen molar-refractivity contribution in [2.24, 2.45) is 4.99 Å². The zero-order chi connectivity index (χ0) is 19.6. The summed E-state index contributed by atoms with van der Waals surface area (Å²) in [5, 5.41) is 16.4. The Kier molecular flexibility index (Phi) is 7.73. The van der Waals surface area contributed by atoms with E-state index in [2.05, 4.69) is 15.6 Å². The molecule has 146 valence electrons. The van der Waals surface area contributed by atoms with Gasteiger partial charge in [-0.2, -0.15) is 0 Å². The van der Waals surface area contributed by atoms with Crippen molar-refractivity contribution in [2.45, 2.75) is 19.9 Å². The highest BCUT2D eigenvalue weighted by molar-refractivity contribution is 5.79. The van der Waals surface area contributed by atoms with Crippen molar-refractivity contribution in [1.29, 1.82) is 0 Å². The molecule has 0 saturated carbocycles. The summed E-state index contributed by atoms with van der Waals surface area (Å²) >= 11 is 0. The van der Waals surface area contributed by atoms with E-state index < -0.39 is 0 Å². The molecule has 7 heteroatoms. The summed E-state index contributed by atoms with van der Waals surface area (Å²) in [6.07, 6.45) is 0.684. The number of nitrogens with one attached hydrogen (secondary N) is 2. The number of hydrogen-bond donors (Lipinski definition) is 3. The first-order valence-electron chi connectivity index (χ1n) is 8.77. The number of hydrogen-bond acceptors (Lipinski definition) is 4. The van der Waals surface area contributed by atoms with Crippen LogP contribution in [0.4, 0.5) is 4.39 Å². The van der Waals surface area contributed by atoms with Gasteiger partial charge in [0, 0.05) is 13.1 Å². The lowest BCUT2D eigenvalue weighted by Gasteiger charge is -2.13. The number of ether oxygens (including phenoxy) is 2. The van der Waals surface area contributed by atoms with Crippen LogP contribution >= 0.6 is 0 Å². The Morgan fingerprint density at radius 1 is 1.07 bits per heavy atom. The molecule has 0 atom stereocenters. The molecule has 2 aromatic carbocycles. The van der Waals surface area contributed by atoms with Crippen molar-refractivity contribution < 1.29 is 19.0 Å². The Morgan fingerprint density at radius 3 is 2.37 bits per heavy atom. The Labute approximate surface area is 159 Å². The molecule has 0 aliphatic carbocycles. The predicted molar refractivity (Wildman–Crippen MR) is 104 cm³/mol. The Hall–Kier alpha value is -2.96. The fourth-order valence-corrected chi connectivity index (χ4v) is 2.57. The highest BCUT2D eigenvalue weighted by Crippen LogP contribution is 2.37. The van der Waals surface area contributed by atoms with Gasteiger partial charge in [-0.1, -0.05) is 12.1 Å². The number of nitrogens with zero attached hydrogens (tertiary/aromatic N) is 1. The van der Waals surface area contributed by atoms with Crippen molar-refractivity contribution >= 4 is 5.96 Å². The molecule has 2 rings (SSSR count). The molecule has 6 nitrogen and oxygen atoms in total. The second-order valence-corrected chi connectivity index (χ2v) is 5.85. The zero-order valence-corrected chi connectivity index (χ0v) is 15.9. The van der Waals surface area contributed by atoms with Crippen molar-refractivity contribution in [3.63, 3.8) is 0 Å². The summed E-state index contributed by atoms with van der Waals surface area (Å²) in [6.45, 7) is 3.70. The third-order valence-electron chi connectivity index (χ3n) is 3.90. The van der Waals surface area contributed by atoms with Gasteiger partial charge in [-0.05, 0) is 48.7 Å². The van der Waals surface area contributed by atoms with Gasteiger partial charge in [-0.3, -0.25) is 0 Å². The van der Waals surface area contributed by atoms with Gasteiger partial charge in [0.15, 0.2) is 17.5 Å². The van der Waals surface area contributed by atoms with Crippen molar-refractivity contribution in [3.8, 4) is 17.2 Å². The van der Waals surface area contributed by atoms with E-state index in [0.717, 1.165) is 11.1 Å². The third kappa shape index (κ3) is 6.06. The molecule has 3 N–H and O–H groups in total. The van der Waals surface area contributed by atoms with Gasteiger partial charge >= 0.3 is 0 Å². The van der Waals surface area contributed by atoms with Crippen molar-refractivity contribution in [1.82, 2.24) is 10.6 Å². The van der Waals surface area contributed by atoms with Crippen LogP contribution in [-0.2, 0) is 13.0 Å². The van der Waals surface area contributed by atoms with Gasteiger partial charge in [0.1, 0.15) is 5.82 Å². The third-order valence-corrected chi connectivity index (χ3v) is 3.90. The maximum atomic E-state index is 13.2. The molecular formula is C20H26FN3O3. The molecule has 0 aromatic heterocycles. The first kappa shape index (κ1) is 20.4. The first-order chi connectivity index (χ1) is 13.1. The number of benzene rings is 2. The molecule has 0 heterocycles. The Morgan fingerprint density at radius 2 is 1.78 bits per heavy atom. The van der Waals surface area contributed by atoms with Crippen LogP contribution in [0.3, 0.4) is 0 Å². The molecule has 0 spiro atoms. The summed E-state index contributed by atoms with van der Waals surface area (Å²) in [4.78, 5) is 4.54. The number of phenolic OH excluding ortho intramolecular Hbond substituents is 1. The average Bonchev–Trinajstić information content (AvgIpc) is 2.67. The fourth-order valence-electron chi connectivity index (χ4n) is 2.57. The van der Waals surface area contributed by atoms with E-state index in [1.54, 1.807) is 18.2 Å². The van der Waals surface area contributed by atoms with E-state index in [-0.39, 0.29) is 11.6 Å². The van der Waals surface area contributed by atoms with Crippen LogP contribution in [0.5, 0.6) is 17.2 Å². The molecule has 0 unspecified atom stereocenters. The molecule has 0 radical (unpaired) electrons. The van der Waals surface area contributed by atoms with E-state index in [9.17, 15) is 9.50 Å². The lowest BCUT2D eigenvalue weighted by atomic mass is 10.1. The smallest absolute Gasteiger partial charge is 0.200 e. The van der Waals surface area contributed by atoms with Crippen LogP contribution in [0, 0.1) is 5.82 Å². The number of phenols is 1. The SMILES string of the molecule is CCNC(=NCc1cc(OC)c(O)c(OC)c1)NCCc1cccc(F)c1. The molecule has 0 aliphatic heterocycles. The minimum absolute atomic E-state index is 0.0344. The largest absolute Gasteiger partial charge is 0.502 e. The summed E-state index contributed by atoms with van der Waals surface area (Å²) in [6, 6.07) is 10.00. The zero-order valence-electron chi connectivity index (χ0n) is 15.9. The van der Waals surface area contributed by atoms with Crippen molar-refractivity contribution in [2.75, 3.05) is 27.3 Å². The van der Waals surface area contributed by atoms with E-state index in [0.29, 0.717) is 43.5 Å². The summed E-state index contributed by atoms with van der Waals surface area (Å²) < 4.78 is 23.6. The van der Waals surface area contributed by atoms with Crippen LogP contribution in [0.25, 0.3) is 0 Å². The average molecular weight is 375 g/mol. The van der Waals surface area contributed by atoms with E-state index in [1.165, 1.54) is 26.4 Å². The van der Waals surface area contributed by atoms with Crippen LogP contribution < -0.4 is 20.1 Å². The highest BCUT2D eigenvalue weighted by Gasteiger charge is 2.11. The normalized spacial score (nSPS) is 11.2. The summed E-state index contributed by atoms with van der Waals surface area (Å²) in [5.41, 5.74) is 1.76. The standard InChI is InChI=1S/C20H26FN3O3/c1-4-22-20(23-9-8-14-6-5-7-16(21)10-14)24-13-15-11-17(26-2)19(25)18(12-15)27-3/h5-7,10-12,25H,4,8-9,13H2,1-3H3,(H2,22,23,24). The maximum Gasteiger partial charge on any atom is 0.200 e. The Balaban J connectivity index is 2.02. The molecule has 0 fully saturated rings. The first-order valence-corrected chi connectivity index (χ1v) is 8.77. The van der Waals surface area contributed by atoms with Gasteiger partial charge in [-0.25, -0.2) is 9.38 Å². The van der Waals surface area contributed by atoms with E-state index in [1.807, 2.05) is 13.0 Å². The van der Waals surface area contributed by atoms with Crippen LogP contribution in [-0.4, -0.2) is 38.4 Å². The number of aromatic hydroxyl groups is 1. The van der Waals surface area contributed by atoms with Crippen LogP contribution in [0.2, 0.25) is 0 Å². The topological polar surface area (TPSA) is 75.1 Å². The second kappa shape index (κ2) is 10.3. The molecular weight excluding hydrogens is 349 g/mol. The fraction of sp³-hybridized carbons (Fsp3) is 0.350. The van der Waals surface area contributed by atoms with Crippen molar-refractivity contribution in [3.05, 3.63) is 53.3 Å². The van der Waals surface area contributed by atoms with Gasteiger partial charge in [0.2, 0.25) is 5.75 Å². The summed E-state index contributed by atoms with van der Waals surface area (Å²) in [5.74, 6) is 1.06. The number of rotatable bonds is 8. The molecule has 0 aliphatic rings. The van der Waals surface area contributed by atoms with E-state index in [4.69, 9.17) is 9.47 Å². The molecule has 0 saturated heterocycles. The molecule has 0 amide bonds. The van der Waals surface area contributed by atoms with Crippen LogP contribution in [0.15, 0.2) is 41.4 Å². The van der Waals surface area contributed by atoms with Gasteiger partial charge in [-0.15, -0.1) is 0 Å². The number of halogens is 1. The van der Waals surface area contributed by atoms with Crippen LogP contribution in [0.1, 0.15) is 18.1 Å². The maximum absolute atomic E-state index is 13.2. The lowest BCUT2D eigenvalue weighted by molar-refractivity contribution is 0.339. The number of aliphatic imine (C=N–C) groups is 1. The monoisotopic (exact) mass is 375 g/mol. The molecule has 0 bridgehead atoms. The van der Waals surface area contributed by atoms with Gasteiger partial charge in [0.25, 0.3) is 0 Å². The minimum Gasteiger partial charge on any atom is -0.502 e. The Bertz CT molecular complexity index is 756. The van der Waals surface area contributed by atoms with E-state index >= 15 is 0 Å². The second-order valence-electron chi connectivity index (χ2n) is 5.85. The molecule has 27 heavy (non-hydrogen) atoms. The van der Waals surface area contributed by atoms with Gasteiger partial charge in [0.05, 0.1) is 20.8 Å². The number of guanidine groups is 1. The quantitative estimate of drug-likeness (QED) is 0.489. The summed E-state index contributed by atoms with van der Waals surface area (Å²) in [7, 11) is 2.97. The number of methoxy groups -OCH3 is 2. The predicted octanol–water partition coefficient (Wildman–Crippen LogP) is 2.85. The highest BCUT2D eigenvalue weighted by atomic mass is 19.1.